The lowest BCUT2D eigenvalue weighted by Crippen LogP contribution is -2.39. The van der Waals surface area contributed by atoms with E-state index in [0.29, 0.717) is 0 Å². The summed E-state index contributed by atoms with van der Waals surface area (Å²) in [5, 5.41) is 4.61. The molecule has 22 heavy (non-hydrogen) atoms. The minimum absolute atomic E-state index is 0. The van der Waals surface area contributed by atoms with E-state index in [1.54, 1.807) is 11.3 Å². The number of rotatable bonds is 5. The zero-order valence-corrected chi connectivity index (χ0v) is 17.3. The zero-order chi connectivity index (χ0) is 15.2. The molecule has 6 heteroatoms. The number of aliphatic imine (C=N–C) groups is 1. The lowest BCUT2D eigenvalue weighted by Gasteiger charge is -2.21. The fourth-order valence-corrected chi connectivity index (χ4v) is 3.77. The Labute approximate surface area is 155 Å². The molecule has 0 saturated carbocycles. The molecule has 0 amide bonds. The van der Waals surface area contributed by atoms with E-state index in [-0.39, 0.29) is 24.0 Å². The van der Waals surface area contributed by atoms with E-state index in [1.807, 2.05) is 13.2 Å². The molecule has 1 N–H and O–H groups in total. The van der Waals surface area contributed by atoms with E-state index in [0.717, 1.165) is 48.9 Å². The number of hydrogen-bond acceptors (Lipinski definition) is 3. The molecule has 0 radical (unpaired) electrons. The number of guanidine groups is 1. The predicted octanol–water partition coefficient (Wildman–Crippen LogP) is 3.77. The van der Waals surface area contributed by atoms with Crippen LogP contribution in [-0.2, 0) is 13.0 Å². The van der Waals surface area contributed by atoms with Gasteiger partial charge in [0.1, 0.15) is 5.01 Å². The first-order valence-electron chi connectivity index (χ1n) is 8.01. The molecule has 1 aromatic heterocycles. The Balaban J connectivity index is 0.00000242. The lowest BCUT2D eigenvalue weighted by atomic mass is 9.97. The van der Waals surface area contributed by atoms with Crippen LogP contribution in [-0.4, -0.2) is 36.0 Å². The van der Waals surface area contributed by atoms with E-state index in [2.05, 4.69) is 41.0 Å². The monoisotopic (exact) mass is 436 g/mol. The average molecular weight is 436 g/mol. The fourth-order valence-electron chi connectivity index (χ4n) is 2.96. The third-order valence-electron chi connectivity index (χ3n) is 3.95. The van der Waals surface area contributed by atoms with Crippen LogP contribution in [0.3, 0.4) is 0 Å². The highest BCUT2D eigenvalue weighted by atomic mass is 127. The third kappa shape index (κ3) is 5.68. The maximum atomic E-state index is 4.46. The molecule has 2 rings (SSSR count). The summed E-state index contributed by atoms with van der Waals surface area (Å²) in [5.74, 6) is 2.62. The van der Waals surface area contributed by atoms with Crippen LogP contribution < -0.4 is 5.32 Å². The van der Waals surface area contributed by atoms with Crippen LogP contribution in [0.2, 0.25) is 0 Å². The summed E-state index contributed by atoms with van der Waals surface area (Å²) in [5.41, 5.74) is 0. The highest BCUT2D eigenvalue weighted by Gasteiger charge is 2.25. The van der Waals surface area contributed by atoms with Crippen molar-refractivity contribution in [1.82, 2.24) is 15.2 Å². The minimum atomic E-state index is 0. The number of aryl methyl sites for hydroxylation is 1. The van der Waals surface area contributed by atoms with Crippen molar-refractivity contribution < 1.29 is 0 Å². The molecule has 0 spiro atoms. The van der Waals surface area contributed by atoms with Crippen molar-refractivity contribution in [3.8, 4) is 0 Å². The predicted molar refractivity (Wildman–Crippen MR) is 106 cm³/mol. The van der Waals surface area contributed by atoms with Crippen LogP contribution in [0.1, 0.15) is 43.5 Å². The van der Waals surface area contributed by atoms with Crippen LogP contribution in [0, 0.1) is 11.8 Å². The van der Waals surface area contributed by atoms with Gasteiger partial charge in [0.25, 0.3) is 0 Å². The second kappa shape index (κ2) is 9.70. The normalized spacial score (nSPS) is 18.7. The number of halogens is 1. The summed E-state index contributed by atoms with van der Waals surface area (Å²) in [4.78, 5) is 12.6. The van der Waals surface area contributed by atoms with Crippen LogP contribution in [0.4, 0.5) is 0 Å². The van der Waals surface area contributed by atoms with Crippen molar-refractivity contribution in [2.24, 2.45) is 16.8 Å². The van der Waals surface area contributed by atoms with Gasteiger partial charge in [-0.3, -0.25) is 4.99 Å². The molecule has 1 saturated heterocycles. The van der Waals surface area contributed by atoms with Gasteiger partial charge in [0.15, 0.2) is 5.96 Å². The molecule has 0 aromatic carbocycles. The summed E-state index contributed by atoms with van der Waals surface area (Å²) < 4.78 is 0. The highest BCUT2D eigenvalue weighted by Crippen LogP contribution is 2.23. The van der Waals surface area contributed by atoms with E-state index in [9.17, 15) is 0 Å². The van der Waals surface area contributed by atoms with Crippen LogP contribution in [0.5, 0.6) is 0 Å². The summed E-state index contributed by atoms with van der Waals surface area (Å²) in [6, 6.07) is 0. The molecule has 0 bridgehead atoms. The number of aromatic nitrogens is 1. The molecule has 4 nitrogen and oxygen atoms in total. The number of nitrogens with one attached hydrogen (secondary N) is 1. The topological polar surface area (TPSA) is 40.5 Å². The van der Waals surface area contributed by atoms with Crippen molar-refractivity contribution in [3.05, 3.63) is 16.1 Å². The largest absolute Gasteiger partial charge is 0.350 e. The molecular formula is C16H29IN4S. The quantitative estimate of drug-likeness (QED) is 0.434. The first-order valence-corrected chi connectivity index (χ1v) is 8.83. The van der Waals surface area contributed by atoms with Crippen molar-refractivity contribution in [2.45, 2.75) is 46.6 Å². The third-order valence-corrected chi connectivity index (χ3v) is 5.09. The van der Waals surface area contributed by atoms with Gasteiger partial charge in [-0.15, -0.1) is 35.3 Å². The van der Waals surface area contributed by atoms with Gasteiger partial charge in [0.2, 0.25) is 0 Å². The van der Waals surface area contributed by atoms with Crippen LogP contribution >= 0.6 is 35.3 Å². The Morgan fingerprint density at radius 1 is 1.55 bits per heavy atom. The Morgan fingerprint density at radius 3 is 2.91 bits per heavy atom. The smallest absolute Gasteiger partial charge is 0.194 e. The van der Waals surface area contributed by atoms with Crippen molar-refractivity contribution in [3.63, 3.8) is 0 Å². The van der Waals surface area contributed by atoms with Gasteiger partial charge < -0.3 is 10.2 Å². The highest BCUT2D eigenvalue weighted by molar-refractivity contribution is 14.0. The number of nitrogens with zero attached hydrogens (tertiary/aromatic N) is 3. The average Bonchev–Trinajstić information content (AvgIpc) is 3.08. The van der Waals surface area contributed by atoms with Gasteiger partial charge in [0.05, 0.1) is 6.54 Å². The maximum Gasteiger partial charge on any atom is 0.194 e. The zero-order valence-electron chi connectivity index (χ0n) is 14.1. The summed E-state index contributed by atoms with van der Waals surface area (Å²) in [6.07, 6.45) is 5.66. The first-order chi connectivity index (χ1) is 10.1. The van der Waals surface area contributed by atoms with Crippen molar-refractivity contribution in [1.29, 1.82) is 0 Å². The second-order valence-electron chi connectivity index (χ2n) is 6.20. The van der Waals surface area contributed by atoms with Gasteiger partial charge in [-0.2, -0.15) is 0 Å². The van der Waals surface area contributed by atoms with Crippen LogP contribution in [0.15, 0.2) is 11.2 Å². The van der Waals surface area contributed by atoms with Crippen LogP contribution in [0.25, 0.3) is 0 Å². The second-order valence-corrected chi connectivity index (χ2v) is 7.40. The minimum Gasteiger partial charge on any atom is -0.350 e. The van der Waals surface area contributed by atoms with Crippen molar-refractivity contribution in [2.75, 3.05) is 20.1 Å². The number of likely N-dealkylation sites (tertiary alicyclic amines) is 1. The lowest BCUT2D eigenvalue weighted by molar-refractivity contribution is 0.403. The van der Waals surface area contributed by atoms with E-state index in [4.69, 9.17) is 0 Å². The Hall–Kier alpha value is -0.370. The first kappa shape index (κ1) is 19.7. The molecule has 1 aliphatic heterocycles. The van der Waals surface area contributed by atoms with E-state index < -0.39 is 0 Å². The molecule has 2 heterocycles. The standard InChI is InChI=1S/C16H28N4S.HI/c1-5-14-9-18-15(21-14)10-19-16(17-4)20-7-6-13(11-20)8-12(2)3;/h9,12-13H,5-8,10-11H2,1-4H3,(H,17,19);1H. The van der Waals surface area contributed by atoms with Gasteiger partial charge in [-0.05, 0) is 31.1 Å². The van der Waals surface area contributed by atoms with Gasteiger partial charge in [-0.25, -0.2) is 4.98 Å². The molecule has 1 fully saturated rings. The Kier molecular flexibility index (Phi) is 8.67. The molecule has 1 aliphatic rings. The number of thiazole rings is 1. The Bertz CT molecular complexity index is 472. The molecule has 1 atom stereocenters. The van der Waals surface area contributed by atoms with Crippen molar-refractivity contribution >= 4 is 41.3 Å². The molecule has 1 aromatic rings. The molecule has 1 unspecified atom stereocenters. The molecule has 126 valence electrons. The number of hydrogen-bond donors (Lipinski definition) is 1. The summed E-state index contributed by atoms with van der Waals surface area (Å²) >= 11 is 1.79. The Morgan fingerprint density at radius 2 is 2.32 bits per heavy atom. The molecule has 0 aliphatic carbocycles. The summed E-state index contributed by atoms with van der Waals surface area (Å²) in [6.45, 7) is 9.82. The van der Waals surface area contributed by atoms with Gasteiger partial charge in [0, 0.05) is 31.2 Å². The molecular weight excluding hydrogens is 407 g/mol. The van der Waals surface area contributed by atoms with Gasteiger partial charge >= 0.3 is 0 Å². The van der Waals surface area contributed by atoms with E-state index in [1.165, 1.54) is 17.7 Å². The van der Waals surface area contributed by atoms with E-state index >= 15 is 0 Å². The summed E-state index contributed by atoms with van der Waals surface area (Å²) in [7, 11) is 1.87. The maximum absolute atomic E-state index is 4.46. The van der Waals surface area contributed by atoms with Gasteiger partial charge in [-0.1, -0.05) is 20.8 Å². The fraction of sp³-hybridized carbons (Fsp3) is 0.750. The SMILES string of the molecule is CCc1cnc(CNC(=NC)N2CCC(CC(C)C)C2)s1.I.